The van der Waals surface area contributed by atoms with Gasteiger partial charge >= 0.3 is 51.4 Å². The van der Waals surface area contributed by atoms with E-state index in [2.05, 4.69) is 29.8 Å². The van der Waals surface area contributed by atoms with Gasteiger partial charge in [0.2, 0.25) is 0 Å². The molecule has 1 aromatic carbocycles. The maximum absolute atomic E-state index is 9.70. The summed E-state index contributed by atoms with van der Waals surface area (Å²) in [5.41, 5.74) is 2.06. The van der Waals surface area contributed by atoms with Gasteiger partial charge in [0.1, 0.15) is 5.75 Å². The molecule has 1 rings (SSSR count). The normalized spacial score (nSPS) is 9.21. The Morgan fingerprint density at radius 3 is 2.21 bits per heavy atom. The molecular formula is C10H14BrKO2. The first-order valence-electron chi connectivity index (χ1n) is 4.02. The van der Waals surface area contributed by atoms with Crippen molar-refractivity contribution in [3.05, 3.63) is 27.7 Å². The maximum Gasteiger partial charge on any atom is 1.00 e. The predicted molar refractivity (Wildman–Crippen MR) is 56.6 cm³/mol. The van der Waals surface area contributed by atoms with Crippen LogP contribution in [0.25, 0.3) is 0 Å². The quantitative estimate of drug-likeness (QED) is 0.760. The van der Waals surface area contributed by atoms with E-state index in [4.69, 9.17) is 0 Å². The molecule has 1 aromatic rings. The minimum atomic E-state index is 0. The van der Waals surface area contributed by atoms with Crippen LogP contribution in [-0.2, 0) is 0 Å². The van der Waals surface area contributed by atoms with Crippen molar-refractivity contribution in [2.75, 3.05) is 0 Å². The average molecular weight is 285 g/mol. The van der Waals surface area contributed by atoms with Crippen LogP contribution in [0.1, 0.15) is 30.9 Å². The Balaban J connectivity index is 0. The molecule has 74 valence electrons. The topological polar surface area (TPSA) is 50.2 Å². The van der Waals surface area contributed by atoms with Gasteiger partial charge in [-0.2, -0.15) is 0 Å². The molecule has 14 heavy (non-hydrogen) atoms. The van der Waals surface area contributed by atoms with E-state index < -0.39 is 0 Å². The number of phenols is 1. The van der Waals surface area contributed by atoms with Crippen LogP contribution in [0, 0.1) is 6.92 Å². The van der Waals surface area contributed by atoms with Gasteiger partial charge in [0.15, 0.2) is 0 Å². The van der Waals surface area contributed by atoms with E-state index in [1.165, 1.54) is 0 Å². The van der Waals surface area contributed by atoms with Crippen molar-refractivity contribution < 1.29 is 62.0 Å². The Bertz CT molecular complexity index is 300. The van der Waals surface area contributed by atoms with Crippen molar-refractivity contribution in [2.45, 2.75) is 26.7 Å². The van der Waals surface area contributed by atoms with Crippen LogP contribution in [-0.4, -0.2) is 10.6 Å². The fraction of sp³-hybridized carbons (Fsp3) is 0.400. The number of aromatic hydroxyl groups is 1. The average Bonchev–Trinajstić information content (AvgIpc) is 2.00. The van der Waals surface area contributed by atoms with Crippen LogP contribution in [0.5, 0.6) is 5.75 Å². The van der Waals surface area contributed by atoms with Crippen molar-refractivity contribution >= 4 is 15.9 Å². The molecule has 0 heterocycles. The summed E-state index contributed by atoms with van der Waals surface area (Å²) in [7, 11) is 0. The van der Waals surface area contributed by atoms with E-state index in [9.17, 15) is 5.11 Å². The molecule has 0 aliphatic heterocycles. The molecule has 0 atom stereocenters. The third kappa shape index (κ3) is 3.92. The van der Waals surface area contributed by atoms with Crippen LogP contribution in [0.4, 0.5) is 0 Å². The van der Waals surface area contributed by atoms with Crippen molar-refractivity contribution in [3.63, 3.8) is 0 Å². The van der Waals surface area contributed by atoms with Crippen LogP contribution < -0.4 is 51.4 Å². The molecule has 0 saturated carbocycles. The Hall–Kier alpha value is 1.10. The molecule has 0 unspecified atom stereocenters. The molecule has 0 radical (unpaired) electrons. The molecule has 2 nitrogen and oxygen atoms in total. The maximum atomic E-state index is 9.70. The molecule has 0 saturated heterocycles. The van der Waals surface area contributed by atoms with Gasteiger partial charge in [0.05, 0.1) is 4.47 Å². The fourth-order valence-corrected chi connectivity index (χ4v) is 1.51. The van der Waals surface area contributed by atoms with E-state index in [0.29, 0.717) is 11.7 Å². The minimum absolute atomic E-state index is 0. The molecule has 0 aromatic heterocycles. The number of hydrogen-bond donors (Lipinski definition) is 1. The number of benzene rings is 1. The predicted octanol–water partition coefficient (Wildman–Crippen LogP) is 0.414. The van der Waals surface area contributed by atoms with Gasteiger partial charge in [-0.3, -0.25) is 0 Å². The van der Waals surface area contributed by atoms with Crippen LogP contribution in [0.3, 0.4) is 0 Å². The second-order valence-corrected chi connectivity index (χ2v) is 4.08. The Labute approximate surface area is 136 Å². The molecule has 4 heteroatoms. The zero-order valence-electron chi connectivity index (χ0n) is 9.00. The summed E-state index contributed by atoms with van der Waals surface area (Å²) >= 11 is 3.35. The number of aryl methyl sites for hydroxylation is 1. The number of halogens is 1. The Morgan fingerprint density at radius 2 is 1.79 bits per heavy atom. The summed E-state index contributed by atoms with van der Waals surface area (Å²) in [6.45, 7) is 6.10. The third-order valence-electron chi connectivity index (χ3n) is 1.96. The first-order chi connectivity index (χ1) is 5.54. The zero-order valence-corrected chi connectivity index (χ0v) is 13.7. The van der Waals surface area contributed by atoms with E-state index in [1.54, 1.807) is 0 Å². The van der Waals surface area contributed by atoms with Crippen molar-refractivity contribution in [1.29, 1.82) is 0 Å². The van der Waals surface area contributed by atoms with Gasteiger partial charge in [-0.25, -0.2) is 0 Å². The van der Waals surface area contributed by atoms with E-state index >= 15 is 0 Å². The Kier molecular flexibility index (Phi) is 9.22. The summed E-state index contributed by atoms with van der Waals surface area (Å²) in [5, 5.41) is 9.70. The molecule has 0 aliphatic carbocycles. The van der Waals surface area contributed by atoms with Gasteiger partial charge in [-0.1, -0.05) is 26.0 Å². The SMILES string of the molecule is Cc1ccc(C(C)C)c(O)c1Br.[K+].[OH-]. The van der Waals surface area contributed by atoms with Gasteiger partial charge in [0.25, 0.3) is 0 Å². The molecule has 0 bridgehead atoms. The monoisotopic (exact) mass is 284 g/mol. The first kappa shape index (κ1) is 17.5. The standard InChI is InChI=1S/C10H13BrO.K.H2O/c1-6(2)8-5-4-7(3)9(11)10(8)12;;/h4-6,12H,1-3H3;;1H2/q;+1;/p-1. The summed E-state index contributed by atoms with van der Waals surface area (Å²) in [6.07, 6.45) is 0. The first-order valence-corrected chi connectivity index (χ1v) is 4.81. The van der Waals surface area contributed by atoms with Gasteiger partial charge < -0.3 is 10.6 Å². The summed E-state index contributed by atoms with van der Waals surface area (Å²) in [5.74, 6) is 0.742. The molecule has 0 aliphatic rings. The van der Waals surface area contributed by atoms with Crippen LogP contribution in [0.15, 0.2) is 16.6 Å². The zero-order chi connectivity index (χ0) is 9.30. The second-order valence-electron chi connectivity index (χ2n) is 3.29. The Morgan fingerprint density at radius 1 is 1.29 bits per heavy atom. The van der Waals surface area contributed by atoms with E-state index in [-0.39, 0.29) is 56.9 Å². The number of hydrogen-bond acceptors (Lipinski definition) is 2. The van der Waals surface area contributed by atoms with E-state index in [0.717, 1.165) is 15.6 Å². The second kappa shape index (κ2) is 7.38. The minimum Gasteiger partial charge on any atom is -0.870 e. The smallest absolute Gasteiger partial charge is 0.870 e. The van der Waals surface area contributed by atoms with E-state index in [1.807, 2.05) is 19.1 Å². The third-order valence-corrected chi connectivity index (χ3v) is 2.96. The molecule has 2 N–H and O–H groups in total. The van der Waals surface area contributed by atoms with Crippen molar-refractivity contribution in [2.24, 2.45) is 0 Å². The molecule has 0 fully saturated rings. The van der Waals surface area contributed by atoms with Gasteiger partial charge in [-0.05, 0) is 39.9 Å². The summed E-state index contributed by atoms with van der Waals surface area (Å²) < 4.78 is 0.814. The fourth-order valence-electron chi connectivity index (χ4n) is 1.15. The summed E-state index contributed by atoms with van der Waals surface area (Å²) in [6, 6.07) is 3.99. The van der Waals surface area contributed by atoms with Gasteiger partial charge in [-0.15, -0.1) is 0 Å². The van der Waals surface area contributed by atoms with Crippen molar-refractivity contribution in [1.82, 2.24) is 0 Å². The largest absolute Gasteiger partial charge is 1.00 e. The molecular weight excluding hydrogens is 271 g/mol. The molecule has 0 amide bonds. The van der Waals surface area contributed by atoms with Crippen LogP contribution in [0.2, 0.25) is 0 Å². The van der Waals surface area contributed by atoms with Gasteiger partial charge in [0, 0.05) is 0 Å². The summed E-state index contributed by atoms with van der Waals surface area (Å²) in [4.78, 5) is 0. The van der Waals surface area contributed by atoms with Crippen molar-refractivity contribution in [3.8, 4) is 5.75 Å². The van der Waals surface area contributed by atoms with Crippen LogP contribution >= 0.6 is 15.9 Å². The number of phenolic OH excluding ortho intramolecular Hbond substituents is 1. The number of rotatable bonds is 1. The molecule has 0 spiro atoms.